The number of carbonyl (C=O) groups is 2. The number of aliphatic carboxylic acids is 1. The summed E-state index contributed by atoms with van der Waals surface area (Å²) in [7, 11) is 0. The van der Waals surface area contributed by atoms with Gasteiger partial charge in [0.2, 0.25) is 5.91 Å². The Hall–Kier alpha value is -1.88. The zero-order chi connectivity index (χ0) is 16.9. The Kier molecular flexibility index (Phi) is 5.77. The molecule has 1 aliphatic heterocycles. The third-order valence-corrected chi connectivity index (χ3v) is 4.27. The molecule has 1 fully saturated rings. The SMILES string of the molecule is Cc1cc(C)cc(CCC(=O)NC2(CC(=O)O)CCOCC2)c1. The monoisotopic (exact) mass is 319 g/mol. The second kappa shape index (κ2) is 7.59. The molecule has 1 amide bonds. The van der Waals surface area contributed by atoms with E-state index < -0.39 is 11.5 Å². The van der Waals surface area contributed by atoms with Crippen molar-refractivity contribution >= 4 is 11.9 Å². The van der Waals surface area contributed by atoms with Crippen LogP contribution in [0.3, 0.4) is 0 Å². The summed E-state index contributed by atoms with van der Waals surface area (Å²) in [5.74, 6) is -0.978. The molecule has 0 aliphatic carbocycles. The number of ether oxygens (including phenoxy) is 1. The van der Waals surface area contributed by atoms with Crippen LogP contribution in [-0.4, -0.2) is 35.7 Å². The van der Waals surface area contributed by atoms with Gasteiger partial charge in [-0.05, 0) is 38.7 Å². The van der Waals surface area contributed by atoms with Gasteiger partial charge in [0.15, 0.2) is 0 Å². The number of amides is 1. The molecule has 1 aromatic carbocycles. The summed E-state index contributed by atoms with van der Waals surface area (Å²) in [6, 6.07) is 6.27. The van der Waals surface area contributed by atoms with E-state index in [-0.39, 0.29) is 12.3 Å². The van der Waals surface area contributed by atoms with Crippen LogP contribution in [0.5, 0.6) is 0 Å². The first kappa shape index (κ1) is 17.5. The largest absolute Gasteiger partial charge is 0.481 e. The van der Waals surface area contributed by atoms with Crippen LogP contribution in [0.1, 0.15) is 42.4 Å². The number of nitrogens with one attached hydrogen (secondary N) is 1. The molecule has 0 atom stereocenters. The Bertz CT molecular complexity index is 556. The van der Waals surface area contributed by atoms with E-state index in [1.54, 1.807) is 0 Å². The number of carbonyl (C=O) groups excluding carboxylic acids is 1. The fourth-order valence-electron chi connectivity index (χ4n) is 3.23. The van der Waals surface area contributed by atoms with E-state index in [0.29, 0.717) is 38.9 Å². The minimum absolute atomic E-state index is 0.0499. The van der Waals surface area contributed by atoms with Crippen molar-refractivity contribution < 1.29 is 19.4 Å². The molecule has 2 N–H and O–H groups in total. The van der Waals surface area contributed by atoms with E-state index >= 15 is 0 Å². The van der Waals surface area contributed by atoms with Crippen LogP contribution >= 0.6 is 0 Å². The minimum Gasteiger partial charge on any atom is -0.481 e. The van der Waals surface area contributed by atoms with Crippen LogP contribution in [-0.2, 0) is 20.7 Å². The molecule has 2 rings (SSSR count). The lowest BCUT2D eigenvalue weighted by atomic mass is 9.86. The van der Waals surface area contributed by atoms with E-state index in [4.69, 9.17) is 9.84 Å². The molecule has 23 heavy (non-hydrogen) atoms. The maximum Gasteiger partial charge on any atom is 0.305 e. The van der Waals surface area contributed by atoms with Crippen molar-refractivity contribution in [3.63, 3.8) is 0 Å². The molecule has 0 bridgehead atoms. The van der Waals surface area contributed by atoms with Gasteiger partial charge in [-0.25, -0.2) is 0 Å². The Balaban J connectivity index is 1.94. The zero-order valence-electron chi connectivity index (χ0n) is 13.9. The number of carboxylic acids is 1. The summed E-state index contributed by atoms with van der Waals surface area (Å²) >= 11 is 0. The smallest absolute Gasteiger partial charge is 0.305 e. The highest BCUT2D eigenvalue weighted by molar-refractivity contribution is 5.78. The number of hydrogen-bond acceptors (Lipinski definition) is 3. The van der Waals surface area contributed by atoms with Gasteiger partial charge < -0.3 is 15.2 Å². The molecule has 126 valence electrons. The Morgan fingerprint density at radius 1 is 1.17 bits per heavy atom. The molecule has 1 aromatic rings. The first-order valence-electron chi connectivity index (χ1n) is 8.06. The van der Waals surface area contributed by atoms with Gasteiger partial charge >= 0.3 is 5.97 Å². The minimum atomic E-state index is -0.887. The average molecular weight is 319 g/mol. The maximum atomic E-state index is 12.3. The Morgan fingerprint density at radius 2 is 1.78 bits per heavy atom. The van der Waals surface area contributed by atoms with Gasteiger partial charge in [0.1, 0.15) is 0 Å². The highest BCUT2D eigenvalue weighted by Gasteiger charge is 2.36. The quantitative estimate of drug-likeness (QED) is 0.844. The predicted molar refractivity (Wildman–Crippen MR) is 87.4 cm³/mol. The fourth-order valence-corrected chi connectivity index (χ4v) is 3.23. The second-order valence-corrected chi connectivity index (χ2v) is 6.51. The molecule has 1 heterocycles. The summed E-state index contributed by atoms with van der Waals surface area (Å²) in [6.45, 7) is 5.07. The van der Waals surface area contributed by atoms with E-state index in [2.05, 4.69) is 23.5 Å². The average Bonchev–Trinajstić information content (AvgIpc) is 2.44. The molecule has 0 saturated carbocycles. The van der Waals surface area contributed by atoms with Crippen LogP contribution in [0.2, 0.25) is 0 Å². The molecule has 0 radical (unpaired) electrons. The van der Waals surface area contributed by atoms with Gasteiger partial charge in [0, 0.05) is 19.6 Å². The van der Waals surface area contributed by atoms with Crippen LogP contribution in [0, 0.1) is 13.8 Å². The molecule has 1 saturated heterocycles. The number of benzene rings is 1. The first-order valence-corrected chi connectivity index (χ1v) is 8.06. The van der Waals surface area contributed by atoms with Crippen molar-refractivity contribution in [3.05, 3.63) is 34.9 Å². The lowest BCUT2D eigenvalue weighted by Gasteiger charge is -2.36. The third-order valence-electron chi connectivity index (χ3n) is 4.27. The predicted octanol–water partition coefficient (Wildman–Crippen LogP) is 2.38. The summed E-state index contributed by atoms with van der Waals surface area (Å²) in [4.78, 5) is 23.4. The number of aryl methyl sites for hydroxylation is 3. The van der Waals surface area contributed by atoms with E-state index in [0.717, 1.165) is 5.56 Å². The van der Waals surface area contributed by atoms with E-state index in [9.17, 15) is 9.59 Å². The van der Waals surface area contributed by atoms with E-state index in [1.807, 2.05) is 13.8 Å². The van der Waals surface area contributed by atoms with Gasteiger partial charge in [0.05, 0.1) is 12.0 Å². The van der Waals surface area contributed by atoms with Gasteiger partial charge in [-0.15, -0.1) is 0 Å². The highest BCUT2D eigenvalue weighted by Crippen LogP contribution is 2.25. The summed E-state index contributed by atoms with van der Waals surface area (Å²) in [5.41, 5.74) is 2.85. The first-order chi connectivity index (χ1) is 10.9. The normalized spacial score (nSPS) is 16.8. The molecule has 5 heteroatoms. The fraction of sp³-hybridized carbons (Fsp3) is 0.556. The summed E-state index contributed by atoms with van der Waals surface area (Å²) in [5, 5.41) is 12.1. The van der Waals surface area contributed by atoms with E-state index in [1.165, 1.54) is 11.1 Å². The third kappa shape index (κ3) is 5.36. The lowest BCUT2D eigenvalue weighted by molar-refractivity contribution is -0.140. The number of carboxylic acid groups (broad SMARTS) is 1. The lowest BCUT2D eigenvalue weighted by Crippen LogP contribution is -2.53. The molecular weight excluding hydrogens is 294 g/mol. The number of hydrogen-bond donors (Lipinski definition) is 2. The highest BCUT2D eigenvalue weighted by atomic mass is 16.5. The Labute approximate surface area is 137 Å². The maximum absolute atomic E-state index is 12.3. The van der Waals surface area contributed by atoms with Crippen molar-refractivity contribution in [1.29, 1.82) is 0 Å². The topological polar surface area (TPSA) is 75.6 Å². The number of rotatable bonds is 6. The molecule has 0 spiro atoms. The van der Waals surface area contributed by atoms with Crippen molar-refractivity contribution in [1.82, 2.24) is 5.32 Å². The summed E-state index contributed by atoms with van der Waals surface area (Å²) in [6.07, 6.45) is 2.08. The van der Waals surface area contributed by atoms with Crippen LogP contribution in [0.25, 0.3) is 0 Å². The van der Waals surface area contributed by atoms with Gasteiger partial charge in [0.25, 0.3) is 0 Å². The standard InChI is InChI=1S/C18H25NO4/c1-13-9-14(2)11-15(10-13)3-4-16(20)19-18(12-17(21)22)5-7-23-8-6-18/h9-11H,3-8,12H2,1-2H3,(H,19,20)(H,21,22). The Morgan fingerprint density at radius 3 is 2.35 bits per heavy atom. The van der Waals surface area contributed by atoms with Gasteiger partial charge in [-0.2, -0.15) is 0 Å². The molecular formula is C18H25NO4. The van der Waals surface area contributed by atoms with Gasteiger partial charge in [-0.1, -0.05) is 29.3 Å². The second-order valence-electron chi connectivity index (χ2n) is 6.51. The van der Waals surface area contributed by atoms with Crippen molar-refractivity contribution in [2.24, 2.45) is 0 Å². The van der Waals surface area contributed by atoms with Crippen LogP contribution in [0.4, 0.5) is 0 Å². The summed E-state index contributed by atoms with van der Waals surface area (Å²) < 4.78 is 5.30. The van der Waals surface area contributed by atoms with Crippen molar-refractivity contribution in [3.8, 4) is 0 Å². The van der Waals surface area contributed by atoms with Gasteiger partial charge in [-0.3, -0.25) is 9.59 Å². The molecule has 0 unspecified atom stereocenters. The van der Waals surface area contributed by atoms with Crippen LogP contribution in [0.15, 0.2) is 18.2 Å². The molecule has 0 aromatic heterocycles. The zero-order valence-corrected chi connectivity index (χ0v) is 13.9. The molecule has 1 aliphatic rings. The van der Waals surface area contributed by atoms with Crippen LogP contribution < -0.4 is 5.32 Å². The molecule has 5 nitrogen and oxygen atoms in total. The van der Waals surface area contributed by atoms with Crippen molar-refractivity contribution in [2.45, 2.75) is 51.5 Å². The van der Waals surface area contributed by atoms with Crippen molar-refractivity contribution in [2.75, 3.05) is 13.2 Å².